The largest absolute Gasteiger partial charge is 0.367 e. The second kappa shape index (κ2) is 5.94. The molecule has 7 nitrogen and oxygen atoms in total. The SMILES string of the molecule is CC(C)Nc1nc(-c2ccc3c(c2)CC(=O)N3)cc2ncn(C)c(=O)c12. The molecule has 0 saturated heterocycles. The smallest absolute Gasteiger partial charge is 0.264 e. The van der Waals surface area contributed by atoms with Gasteiger partial charge in [0.05, 0.1) is 24.0 Å². The van der Waals surface area contributed by atoms with Crippen molar-refractivity contribution in [3.63, 3.8) is 0 Å². The Labute approximate surface area is 150 Å². The molecule has 132 valence electrons. The van der Waals surface area contributed by atoms with Gasteiger partial charge in [-0.1, -0.05) is 6.07 Å². The van der Waals surface area contributed by atoms with Crippen LogP contribution in [0.25, 0.3) is 22.2 Å². The highest BCUT2D eigenvalue weighted by Crippen LogP contribution is 2.30. The molecule has 0 bridgehead atoms. The van der Waals surface area contributed by atoms with Crippen molar-refractivity contribution in [1.82, 2.24) is 14.5 Å². The van der Waals surface area contributed by atoms with Gasteiger partial charge in [0.15, 0.2) is 0 Å². The van der Waals surface area contributed by atoms with E-state index in [4.69, 9.17) is 0 Å². The molecular formula is C19H19N5O2. The van der Waals surface area contributed by atoms with Gasteiger partial charge in [0.1, 0.15) is 11.2 Å². The molecule has 0 radical (unpaired) electrons. The van der Waals surface area contributed by atoms with Gasteiger partial charge in [-0.15, -0.1) is 0 Å². The number of nitrogens with one attached hydrogen (secondary N) is 2. The number of hydrogen-bond acceptors (Lipinski definition) is 5. The van der Waals surface area contributed by atoms with Gasteiger partial charge in [0.2, 0.25) is 5.91 Å². The van der Waals surface area contributed by atoms with Gasteiger partial charge in [-0.25, -0.2) is 9.97 Å². The van der Waals surface area contributed by atoms with Crippen LogP contribution in [0.15, 0.2) is 35.4 Å². The Morgan fingerprint density at radius 2 is 2.04 bits per heavy atom. The molecule has 1 aromatic carbocycles. The molecule has 2 aromatic heterocycles. The zero-order chi connectivity index (χ0) is 18.4. The van der Waals surface area contributed by atoms with Gasteiger partial charge < -0.3 is 15.2 Å². The minimum absolute atomic E-state index is 0.00375. The first-order chi connectivity index (χ1) is 12.4. The average Bonchev–Trinajstić information content (AvgIpc) is 2.96. The molecule has 0 spiro atoms. The highest BCUT2D eigenvalue weighted by molar-refractivity contribution is 6.00. The number of amides is 1. The Hall–Kier alpha value is -3.22. The van der Waals surface area contributed by atoms with Crippen molar-refractivity contribution in [2.24, 2.45) is 7.05 Å². The Morgan fingerprint density at radius 1 is 1.23 bits per heavy atom. The number of benzene rings is 1. The topological polar surface area (TPSA) is 88.9 Å². The molecule has 3 heterocycles. The molecule has 0 aliphatic carbocycles. The number of carbonyl (C=O) groups is 1. The second-order valence-corrected chi connectivity index (χ2v) is 6.81. The Balaban J connectivity index is 1.92. The molecule has 3 aromatic rings. The summed E-state index contributed by atoms with van der Waals surface area (Å²) in [5, 5.41) is 6.56. The first-order valence-corrected chi connectivity index (χ1v) is 8.48. The molecule has 0 unspecified atom stereocenters. The van der Waals surface area contributed by atoms with Crippen LogP contribution in [0, 0.1) is 0 Å². The number of rotatable bonds is 3. The van der Waals surface area contributed by atoms with Gasteiger partial charge >= 0.3 is 0 Å². The molecule has 1 amide bonds. The number of carbonyl (C=O) groups excluding carboxylic acids is 1. The summed E-state index contributed by atoms with van der Waals surface area (Å²) < 4.78 is 1.45. The fourth-order valence-corrected chi connectivity index (χ4v) is 3.14. The fraction of sp³-hybridized carbons (Fsp3) is 0.263. The number of aromatic nitrogens is 3. The zero-order valence-corrected chi connectivity index (χ0v) is 14.8. The van der Waals surface area contributed by atoms with Crippen LogP contribution in [0.5, 0.6) is 0 Å². The molecular weight excluding hydrogens is 330 g/mol. The first-order valence-electron chi connectivity index (χ1n) is 8.48. The number of fused-ring (bicyclic) bond motifs is 2. The summed E-state index contributed by atoms with van der Waals surface area (Å²) in [6.07, 6.45) is 1.88. The van der Waals surface area contributed by atoms with Gasteiger partial charge in [-0.3, -0.25) is 9.59 Å². The Bertz CT molecular complexity index is 1100. The highest BCUT2D eigenvalue weighted by Gasteiger charge is 2.19. The van der Waals surface area contributed by atoms with Crippen LogP contribution in [0.1, 0.15) is 19.4 Å². The van der Waals surface area contributed by atoms with Gasteiger partial charge in [0, 0.05) is 24.3 Å². The molecule has 4 rings (SSSR count). The van der Waals surface area contributed by atoms with E-state index in [2.05, 4.69) is 20.6 Å². The number of anilines is 2. The molecule has 1 aliphatic rings. The second-order valence-electron chi connectivity index (χ2n) is 6.81. The molecule has 7 heteroatoms. The van der Waals surface area contributed by atoms with Gasteiger partial charge in [-0.05, 0) is 37.6 Å². The van der Waals surface area contributed by atoms with E-state index >= 15 is 0 Å². The van der Waals surface area contributed by atoms with E-state index in [0.29, 0.717) is 28.8 Å². The Morgan fingerprint density at radius 3 is 2.81 bits per heavy atom. The van der Waals surface area contributed by atoms with Crippen LogP contribution in [-0.2, 0) is 18.3 Å². The van der Waals surface area contributed by atoms with E-state index in [1.165, 1.54) is 10.9 Å². The standard InChI is InChI=1S/C19H19N5O2/c1-10(2)21-18-17-15(20-9-24(3)19(17)26)8-14(23-18)11-4-5-13-12(6-11)7-16(25)22-13/h4-6,8-10H,7H2,1-3H3,(H,21,23)(H,22,25). The van der Waals surface area contributed by atoms with Crippen molar-refractivity contribution in [1.29, 1.82) is 0 Å². The van der Waals surface area contributed by atoms with E-state index in [1.54, 1.807) is 7.05 Å². The summed E-state index contributed by atoms with van der Waals surface area (Å²) in [5.74, 6) is 0.520. The van der Waals surface area contributed by atoms with Crippen LogP contribution in [0.4, 0.5) is 11.5 Å². The summed E-state index contributed by atoms with van der Waals surface area (Å²) >= 11 is 0. The third-order valence-electron chi connectivity index (χ3n) is 4.35. The quantitative estimate of drug-likeness (QED) is 0.757. The maximum atomic E-state index is 12.6. The molecule has 26 heavy (non-hydrogen) atoms. The van der Waals surface area contributed by atoms with Gasteiger partial charge in [0.25, 0.3) is 5.56 Å². The highest BCUT2D eigenvalue weighted by atomic mass is 16.1. The van der Waals surface area contributed by atoms with Crippen molar-refractivity contribution < 1.29 is 4.79 Å². The number of nitrogens with zero attached hydrogens (tertiary/aromatic N) is 3. The number of hydrogen-bond donors (Lipinski definition) is 2. The van der Waals surface area contributed by atoms with E-state index < -0.39 is 0 Å². The lowest BCUT2D eigenvalue weighted by Gasteiger charge is -2.14. The number of pyridine rings is 1. The maximum Gasteiger partial charge on any atom is 0.264 e. The van der Waals surface area contributed by atoms with Gasteiger partial charge in [-0.2, -0.15) is 0 Å². The predicted octanol–water partition coefficient (Wildman–Crippen LogP) is 2.31. The maximum absolute atomic E-state index is 12.6. The summed E-state index contributed by atoms with van der Waals surface area (Å²) in [6.45, 7) is 3.99. The average molecular weight is 349 g/mol. The monoisotopic (exact) mass is 349 g/mol. The summed E-state index contributed by atoms with van der Waals surface area (Å²) in [5.41, 5.74) is 3.84. The molecule has 1 aliphatic heterocycles. The van der Waals surface area contributed by atoms with E-state index in [9.17, 15) is 9.59 Å². The van der Waals surface area contributed by atoms with Crippen LogP contribution < -0.4 is 16.2 Å². The van der Waals surface area contributed by atoms with E-state index in [0.717, 1.165) is 16.8 Å². The van der Waals surface area contributed by atoms with Crippen LogP contribution in [-0.4, -0.2) is 26.5 Å². The van der Waals surface area contributed by atoms with Crippen LogP contribution in [0.3, 0.4) is 0 Å². The predicted molar refractivity (Wildman–Crippen MR) is 101 cm³/mol. The zero-order valence-electron chi connectivity index (χ0n) is 14.8. The lowest BCUT2D eigenvalue weighted by atomic mass is 10.0. The van der Waals surface area contributed by atoms with Crippen molar-refractivity contribution in [2.75, 3.05) is 10.6 Å². The Kier molecular flexibility index (Phi) is 3.72. The lowest BCUT2D eigenvalue weighted by Crippen LogP contribution is -2.21. The van der Waals surface area contributed by atoms with Crippen molar-refractivity contribution in [3.8, 4) is 11.3 Å². The lowest BCUT2D eigenvalue weighted by molar-refractivity contribution is -0.115. The van der Waals surface area contributed by atoms with Crippen molar-refractivity contribution in [3.05, 3.63) is 46.5 Å². The molecule has 0 fully saturated rings. The van der Waals surface area contributed by atoms with Crippen molar-refractivity contribution >= 4 is 28.3 Å². The van der Waals surface area contributed by atoms with E-state index in [-0.39, 0.29) is 17.5 Å². The molecule has 0 saturated carbocycles. The first kappa shape index (κ1) is 16.3. The normalized spacial score (nSPS) is 13.2. The van der Waals surface area contributed by atoms with Crippen molar-refractivity contribution in [2.45, 2.75) is 26.3 Å². The number of aryl methyl sites for hydroxylation is 1. The minimum Gasteiger partial charge on any atom is -0.367 e. The summed E-state index contributed by atoms with van der Waals surface area (Å²) in [6, 6.07) is 7.69. The van der Waals surface area contributed by atoms with Crippen LogP contribution >= 0.6 is 0 Å². The molecule has 0 atom stereocenters. The molecule has 2 N–H and O–H groups in total. The summed E-state index contributed by atoms with van der Waals surface area (Å²) in [7, 11) is 1.67. The van der Waals surface area contributed by atoms with E-state index in [1.807, 2.05) is 38.1 Å². The third-order valence-corrected chi connectivity index (χ3v) is 4.35. The minimum atomic E-state index is -0.138. The van der Waals surface area contributed by atoms with Crippen LogP contribution in [0.2, 0.25) is 0 Å². The fourth-order valence-electron chi connectivity index (χ4n) is 3.14. The summed E-state index contributed by atoms with van der Waals surface area (Å²) in [4.78, 5) is 33.2. The third kappa shape index (κ3) is 2.71.